The molecule has 0 aromatic carbocycles. The number of thioether (sulfide) groups is 1. The summed E-state index contributed by atoms with van der Waals surface area (Å²) in [5.74, 6) is 0.965. The van der Waals surface area contributed by atoms with Gasteiger partial charge < -0.3 is 19.5 Å². The van der Waals surface area contributed by atoms with Crippen LogP contribution in [0.2, 0.25) is 0 Å². The molecule has 0 saturated carbocycles. The fourth-order valence-corrected chi connectivity index (χ4v) is 3.35. The Hall–Kier alpha value is -1.48. The highest BCUT2D eigenvalue weighted by Gasteiger charge is 2.41. The van der Waals surface area contributed by atoms with E-state index in [-0.39, 0.29) is 25.4 Å². The van der Waals surface area contributed by atoms with Crippen molar-refractivity contribution in [2.24, 2.45) is 0 Å². The van der Waals surface area contributed by atoms with Gasteiger partial charge >= 0.3 is 12.2 Å². The Morgan fingerprint density at radius 1 is 1.07 bits per heavy atom. The van der Waals surface area contributed by atoms with E-state index in [1.807, 2.05) is 0 Å². The molecule has 1 heterocycles. The van der Waals surface area contributed by atoms with Gasteiger partial charge in [0.2, 0.25) is 5.91 Å². The van der Waals surface area contributed by atoms with E-state index in [9.17, 15) is 19.5 Å². The average Bonchev–Trinajstić information content (AvgIpc) is 3.00. The zero-order valence-electron chi connectivity index (χ0n) is 17.1. The molecule has 9 heteroatoms. The highest BCUT2D eigenvalue weighted by Crippen LogP contribution is 2.23. The number of aliphatic hydroxyl groups excluding tert-OH is 1. The molecule has 1 aliphatic rings. The second-order valence-electron chi connectivity index (χ2n) is 8.35. The monoisotopic (exact) mass is 404 g/mol. The van der Waals surface area contributed by atoms with Gasteiger partial charge in [0.15, 0.2) is 0 Å². The molecule has 1 fully saturated rings. The SMILES string of the molecule is CC(C)(C)OC(=O)N(C(=O)OC(C)(C)C)C(CCCO)C(=O)N1CCSC1. The predicted octanol–water partition coefficient (Wildman–Crippen LogP) is 2.83. The third-order valence-electron chi connectivity index (χ3n) is 3.48. The van der Waals surface area contributed by atoms with Gasteiger partial charge in [-0.1, -0.05) is 0 Å². The first-order chi connectivity index (χ1) is 12.4. The summed E-state index contributed by atoms with van der Waals surface area (Å²) < 4.78 is 10.7. The summed E-state index contributed by atoms with van der Waals surface area (Å²) in [4.78, 5) is 40.9. The van der Waals surface area contributed by atoms with Crippen molar-refractivity contribution in [2.75, 3.05) is 24.8 Å². The number of imide groups is 1. The lowest BCUT2D eigenvalue weighted by molar-refractivity contribution is -0.135. The second-order valence-corrected chi connectivity index (χ2v) is 9.43. The van der Waals surface area contributed by atoms with E-state index in [2.05, 4.69) is 0 Å². The van der Waals surface area contributed by atoms with Crippen molar-refractivity contribution in [3.8, 4) is 0 Å². The topological polar surface area (TPSA) is 96.4 Å². The van der Waals surface area contributed by atoms with Crippen molar-refractivity contribution in [3.05, 3.63) is 0 Å². The average molecular weight is 405 g/mol. The van der Waals surface area contributed by atoms with Crippen molar-refractivity contribution in [1.82, 2.24) is 9.80 Å². The van der Waals surface area contributed by atoms with Gasteiger partial charge in [0.1, 0.15) is 17.2 Å². The van der Waals surface area contributed by atoms with Crippen molar-refractivity contribution >= 4 is 29.9 Å². The molecule has 1 N–H and O–H groups in total. The fraction of sp³-hybridized carbons (Fsp3) is 0.833. The summed E-state index contributed by atoms with van der Waals surface area (Å²) in [7, 11) is 0. The number of carbonyl (C=O) groups excluding carboxylic acids is 3. The van der Waals surface area contributed by atoms with Crippen LogP contribution in [0.3, 0.4) is 0 Å². The van der Waals surface area contributed by atoms with E-state index in [1.165, 1.54) is 0 Å². The first-order valence-electron chi connectivity index (χ1n) is 9.08. The Bertz CT molecular complexity index is 507. The van der Waals surface area contributed by atoms with Crippen molar-refractivity contribution in [1.29, 1.82) is 0 Å². The Morgan fingerprint density at radius 2 is 1.59 bits per heavy atom. The molecule has 27 heavy (non-hydrogen) atoms. The number of aliphatic hydroxyl groups is 1. The lowest BCUT2D eigenvalue weighted by Crippen LogP contribution is -2.55. The van der Waals surface area contributed by atoms with Gasteiger partial charge in [-0.05, 0) is 54.4 Å². The van der Waals surface area contributed by atoms with Gasteiger partial charge in [0, 0.05) is 18.9 Å². The smallest absolute Gasteiger partial charge is 0.420 e. The van der Waals surface area contributed by atoms with Crippen LogP contribution in [-0.4, -0.2) is 75.0 Å². The van der Waals surface area contributed by atoms with Crippen LogP contribution in [0.1, 0.15) is 54.4 Å². The molecule has 156 valence electrons. The van der Waals surface area contributed by atoms with Crippen LogP contribution in [-0.2, 0) is 14.3 Å². The summed E-state index contributed by atoms with van der Waals surface area (Å²) in [6, 6.07) is -1.08. The minimum atomic E-state index is -1.08. The maximum absolute atomic E-state index is 13.0. The molecule has 0 aromatic heterocycles. The molecular formula is C18H32N2O6S. The molecule has 0 spiro atoms. The lowest BCUT2D eigenvalue weighted by atomic mass is 10.1. The maximum atomic E-state index is 13.0. The normalized spacial score (nSPS) is 16.0. The molecule has 1 aliphatic heterocycles. The van der Waals surface area contributed by atoms with Crippen molar-refractivity contribution in [2.45, 2.75) is 71.6 Å². The van der Waals surface area contributed by atoms with Crippen molar-refractivity contribution < 1.29 is 29.0 Å². The van der Waals surface area contributed by atoms with Crippen LogP contribution >= 0.6 is 11.8 Å². The van der Waals surface area contributed by atoms with E-state index < -0.39 is 29.4 Å². The number of hydrogen-bond acceptors (Lipinski definition) is 7. The maximum Gasteiger partial charge on any atom is 0.420 e. The Kier molecular flexibility index (Phi) is 8.41. The molecule has 1 atom stereocenters. The number of amides is 3. The van der Waals surface area contributed by atoms with Crippen LogP contribution in [0.15, 0.2) is 0 Å². The Labute approximate surface area is 165 Å². The molecule has 1 saturated heterocycles. The summed E-state index contributed by atoms with van der Waals surface area (Å²) in [6.07, 6.45) is -1.46. The minimum absolute atomic E-state index is 0.134. The second kappa shape index (κ2) is 9.64. The minimum Gasteiger partial charge on any atom is -0.443 e. The molecule has 1 rings (SSSR count). The zero-order valence-corrected chi connectivity index (χ0v) is 17.9. The first-order valence-corrected chi connectivity index (χ1v) is 10.2. The van der Waals surface area contributed by atoms with Gasteiger partial charge in [0.25, 0.3) is 0 Å². The molecule has 3 amide bonds. The van der Waals surface area contributed by atoms with Crippen molar-refractivity contribution in [3.63, 3.8) is 0 Å². The van der Waals surface area contributed by atoms with Gasteiger partial charge in [-0.3, -0.25) is 4.79 Å². The van der Waals surface area contributed by atoms with Crippen LogP contribution in [0, 0.1) is 0 Å². The number of ether oxygens (including phenoxy) is 2. The standard InChI is InChI=1S/C18H32N2O6S/c1-17(2,3)25-15(23)20(16(24)26-18(4,5)6)13(8-7-10-21)14(22)19-9-11-27-12-19/h13,21H,7-12H2,1-6H3. The quantitative estimate of drug-likeness (QED) is 0.752. The van der Waals surface area contributed by atoms with E-state index in [1.54, 1.807) is 58.2 Å². The third-order valence-corrected chi connectivity index (χ3v) is 4.44. The van der Waals surface area contributed by atoms with Crippen LogP contribution in [0.25, 0.3) is 0 Å². The molecule has 0 bridgehead atoms. The molecule has 0 aromatic rings. The molecule has 0 radical (unpaired) electrons. The van der Waals surface area contributed by atoms with Crippen LogP contribution in [0.4, 0.5) is 9.59 Å². The van der Waals surface area contributed by atoms with Gasteiger partial charge in [-0.25, -0.2) is 9.59 Å². The number of hydrogen-bond donors (Lipinski definition) is 1. The fourth-order valence-electron chi connectivity index (χ4n) is 2.40. The summed E-state index contributed by atoms with van der Waals surface area (Å²) in [5, 5.41) is 9.21. The first kappa shape index (κ1) is 23.6. The number of nitrogens with zero attached hydrogens (tertiary/aromatic N) is 2. The largest absolute Gasteiger partial charge is 0.443 e. The Balaban J connectivity index is 3.19. The third kappa shape index (κ3) is 7.96. The predicted molar refractivity (Wildman–Crippen MR) is 103 cm³/mol. The highest BCUT2D eigenvalue weighted by atomic mass is 32.2. The van der Waals surface area contributed by atoms with E-state index >= 15 is 0 Å². The number of rotatable bonds is 5. The highest BCUT2D eigenvalue weighted by molar-refractivity contribution is 7.99. The molecular weight excluding hydrogens is 372 g/mol. The zero-order chi connectivity index (χ0) is 20.8. The number of carbonyl (C=O) groups is 3. The molecule has 8 nitrogen and oxygen atoms in total. The summed E-state index contributed by atoms with van der Waals surface area (Å²) >= 11 is 1.61. The van der Waals surface area contributed by atoms with E-state index in [0.717, 1.165) is 10.7 Å². The lowest BCUT2D eigenvalue weighted by Gasteiger charge is -2.34. The van der Waals surface area contributed by atoms with E-state index in [0.29, 0.717) is 12.4 Å². The van der Waals surface area contributed by atoms with Gasteiger partial charge in [-0.15, -0.1) is 11.8 Å². The summed E-state index contributed by atoms with van der Waals surface area (Å²) in [5.41, 5.74) is -1.68. The van der Waals surface area contributed by atoms with Crippen LogP contribution < -0.4 is 0 Å². The summed E-state index contributed by atoms with van der Waals surface area (Å²) in [6.45, 7) is 10.5. The van der Waals surface area contributed by atoms with Gasteiger partial charge in [-0.2, -0.15) is 4.90 Å². The Morgan fingerprint density at radius 3 is 1.96 bits per heavy atom. The van der Waals surface area contributed by atoms with Crippen LogP contribution in [0.5, 0.6) is 0 Å². The van der Waals surface area contributed by atoms with E-state index in [4.69, 9.17) is 9.47 Å². The molecule has 1 unspecified atom stereocenters. The van der Waals surface area contributed by atoms with Gasteiger partial charge in [0.05, 0.1) is 5.88 Å². The molecule has 0 aliphatic carbocycles.